The summed E-state index contributed by atoms with van der Waals surface area (Å²) in [5.41, 5.74) is 0.675. The molecular weight excluding hydrogens is 357 g/mol. The highest BCUT2D eigenvalue weighted by molar-refractivity contribution is 7.41. The van der Waals surface area contributed by atoms with Crippen molar-refractivity contribution in [2.45, 2.75) is 32.8 Å². The molecule has 144 valence electrons. The van der Waals surface area contributed by atoms with Crippen LogP contribution in [0.15, 0.2) is 30.3 Å². The lowest BCUT2D eigenvalue weighted by molar-refractivity contribution is -0.141. The van der Waals surface area contributed by atoms with Gasteiger partial charge in [-0.15, -0.1) is 0 Å². The van der Waals surface area contributed by atoms with Crippen molar-refractivity contribution in [2.75, 3.05) is 26.9 Å². The highest BCUT2D eigenvalue weighted by Gasteiger charge is 2.44. The third-order valence-corrected chi connectivity index (χ3v) is 5.08. The van der Waals surface area contributed by atoms with Gasteiger partial charge in [-0.2, -0.15) is 0 Å². The molecule has 1 aliphatic heterocycles. The molecule has 2 atom stereocenters. The number of ether oxygens (including phenoxy) is 1. The molecule has 1 amide bonds. The fraction of sp³-hybridized carbons (Fsp3) is 0.556. The zero-order valence-corrected chi connectivity index (χ0v) is 16.3. The summed E-state index contributed by atoms with van der Waals surface area (Å²) in [6.07, 6.45) is 0.164. The highest BCUT2D eigenvalue weighted by atomic mass is 31.2. The smallest absolute Gasteiger partial charge is 0.333 e. The predicted molar refractivity (Wildman–Crippen MR) is 97.3 cm³/mol. The fourth-order valence-electron chi connectivity index (χ4n) is 2.39. The Kier molecular flexibility index (Phi) is 7.97. The molecule has 2 rings (SSSR count). The molecule has 0 saturated carbocycles. The number of amides is 1. The van der Waals surface area contributed by atoms with Gasteiger partial charge >= 0.3 is 14.6 Å². The lowest BCUT2D eigenvalue weighted by atomic mass is 9.87. The minimum Gasteiger partial charge on any atom is -0.469 e. The Morgan fingerprint density at radius 3 is 2.73 bits per heavy atom. The molecule has 26 heavy (non-hydrogen) atoms. The Balaban J connectivity index is 1.81. The van der Waals surface area contributed by atoms with E-state index in [9.17, 15) is 9.59 Å². The molecule has 1 aromatic carbocycles. The van der Waals surface area contributed by atoms with E-state index < -0.39 is 20.1 Å². The molecule has 0 spiro atoms. The first kappa shape index (κ1) is 20.8. The number of nitrogens with one attached hydrogen (secondary N) is 1. The van der Waals surface area contributed by atoms with Crippen LogP contribution >= 0.6 is 8.60 Å². The van der Waals surface area contributed by atoms with Gasteiger partial charge in [0, 0.05) is 12.0 Å². The number of hydrogen-bond acceptors (Lipinski definition) is 6. The van der Waals surface area contributed by atoms with Crippen LogP contribution in [0.3, 0.4) is 0 Å². The van der Waals surface area contributed by atoms with E-state index in [-0.39, 0.29) is 24.8 Å². The molecule has 1 aliphatic rings. The molecule has 0 bridgehead atoms. The molecule has 1 fully saturated rings. The third kappa shape index (κ3) is 6.32. The van der Waals surface area contributed by atoms with Crippen molar-refractivity contribution >= 4 is 20.5 Å². The number of esters is 1. The normalized spacial score (nSPS) is 21.8. The molecular formula is C18H26NO6P. The van der Waals surface area contributed by atoms with Crippen molar-refractivity contribution in [2.24, 2.45) is 5.41 Å². The van der Waals surface area contributed by atoms with Gasteiger partial charge in [-0.3, -0.25) is 14.1 Å². The molecule has 1 heterocycles. The molecule has 1 N–H and O–H groups in total. The zero-order valence-electron chi connectivity index (χ0n) is 15.4. The van der Waals surface area contributed by atoms with Gasteiger partial charge < -0.3 is 19.1 Å². The highest BCUT2D eigenvalue weighted by Crippen LogP contribution is 2.50. The maximum absolute atomic E-state index is 12.4. The van der Waals surface area contributed by atoms with Crippen LogP contribution in [0.5, 0.6) is 0 Å². The fourth-order valence-corrected chi connectivity index (χ4v) is 3.82. The SMILES string of the molecule is COC(=O)CCNC(=O)[C@@H]1OP(OCCc2ccccc2)OCC1(C)C. The summed E-state index contributed by atoms with van der Waals surface area (Å²) in [6, 6.07) is 9.98. The van der Waals surface area contributed by atoms with Crippen LogP contribution < -0.4 is 5.32 Å². The maximum atomic E-state index is 12.4. The van der Waals surface area contributed by atoms with Crippen molar-refractivity contribution in [3.63, 3.8) is 0 Å². The first-order valence-corrected chi connectivity index (χ1v) is 9.63. The van der Waals surface area contributed by atoms with Crippen LogP contribution in [-0.2, 0) is 34.3 Å². The second-order valence-corrected chi connectivity index (χ2v) is 7.83. The van der Waals surface area contributed by atoms with Crippen molar-refractivity contribution in [1.82, 2.24) is 5.32 Å². The van der Waals surface area contributed by atoms with Gasteiger partial charge in [-0.05, 0) is 12.0 Å². The number of benzene rings is 1. The van der Waals surface area contributed by atoms with Crippen molar-refractivity contribution < 1.29 is 27.9 Å². The van der Waals surface area contributed by atoms with E-state index in [1.807, 2.05) is 44.2 Å². The minimum absolute atomic E-state index is 0.119. The van der Waals surface area contributed by atoms with Gasteiger partial charge in [0.1, 0.15) is 0 Å². The average Bonchev–Trinajstić information content (AvgIpc) is 2.63. The molecule has 0 radical (unpaired) electrons. The first-order chi connectivity index (χ1) is 12.4. The Morgan fingerprint density at radius 1 is 1.31 bits per heavy atom. The van der Waals surface area contributed by atoms with Crippen LogP contribution in [0.4, 0.5) is 0 Å². The first-order valence-electron chi connectivity index (χ1n) is 8.53. The van der Waals surface area contributed by atoms with Gasteiger partial charge in [-0.25, -0.2) is 0 Å². The number of rotatable bonds is 8. The summed E-state index contributed by atoms with van der Waals surface area (Å²) in [7, 11) is -0.267. The van der Waals surface area contributed by atoms with Crippen molar-refractivity contribution in [3.8, 4) is 0 Å². The van der Waals surface area contributed by atoms with Crippen LogP contribution in [0.25, 0.3) is 0 Å². The summed E-state index contributed by atoms with van der Waals surface area (Å²) in [5.74, 6) is -0.648. The summed E-state index contributed by atoms with van der Waals surface area (Å²) in [5, 5.41) is 2.71. The summed E-state index contributed by atoms with van der Waals surface area (Å²) in [4.78, 5) is 23.6. The number of carbonyl (C=O) groups is 2. The van der Waals surface area contributed by atoms with E-state index in [0.717, 1.165) is 12.0 Å². The van der Waals surface area contributed by atoms with E-state index in [2.05, 4.69) is 10.1 Å². The van der Waals surface area contributed by atoms with E-state index in [1.165, 1.54) is 7.11 Å². The molecule has 1 unspecified atom stereocenters. The van der Waals surface area contributed by atoms with Gasteiger partial charge in [0.05, 0.1) is 26.7 Å². The Bertz CT molecular complexity index is 595. The van der Waals surface area contributed by atoms with E-state index in [4.69, 9.17) is 13.6 Å². The van der Waals surface area contributed by atoms with E-state index >= 15 is 0 Å². The van der Waals surface area contributed by atoms with Gasteiger partial charge in [-0.1, -0.05) is 44.2 Å². The number of hydrogen-bond donors (Lipinski definition) is 1. The summed E-state index contributed by atoms with van der Waals surface area (Å²) in [6.45, 7) is 4.81. The van der Waals surface area contributed by atoms with Crippen molar-refractivity contribution in [3.05, 3.63) is 35.9 Å². The van der Waals surface area contributed by atoms with Gasteiger partial charge in [0.15, 0.2) is 6.10 Å². The largest absolute Gasteiger partial charge is 0.469 e. The van der Waals surface area contributed by atoms with Gasteiger partial charge in [0.2, 0.25) is 5.91 Å². The molecule has 0 aromatic heterocycles. The van der Waals surface area contributed by atoms with Crippen molar-refractivity contribution in [1.29, 1.82) is 0 Å². The topological polar surface area (TPSA) is 83.1 Å². The van der Waals surface area contributed by atoms with E-state index in [1.54, 1.807) is 0 Å². The minimum atomic E-state index is -1.58. The second-order valence-electron chi connectivity index (χ2n) is 6.66. The van der Waals surface area contributed by atoms with Crippen LogP contribution in [0.2, 0.25) is 0 Å². The quantitative estimate of drug-likeness (QED) is 0.549. The lowest BCUT2D eigenvalue weighted by Gasteiger charge is -2.39. The Labute approximate surface area is 155 Å². The number of carbonyl (C=O) groups excluding carboxylic acids is 2. The molecule has 1 saturated heterocycles. The van der Waals surface area contributed by atoms with Gasteiger partial charge in [0.25, 0.3) is 0 Å². The summed E-state index contributed by atoms with van der Waals surface area (Å²) < 4.78 is 21.7. The molecule has 8 heteroatoms. The Hall–Kier alpha value is -1.53. The van der Waals surface area contributed by atoms with Crippen LogP contribution in [0.1, 0.15) is 25.8 Å². The second kappa shape index (κ2) is 9.97. The maximum Gasteiger partial charge on any atom is 0.333 e. The van der Waals surface area contributed by atoms with Crippen LogP contribution in [-0.4, -0.2) is 44.8 Å². The van der Waals surface area contributed by atoms with Crippen LogP contribution in [0, 0.1) is 5.41 Å². The molecule has 0 aliphatic carbocycles. The monoisotopic (exact) mass is 383 g/mol. The zero-order chi connectivity index (χ0) is 19.0. The molecule has 1 aromatic rings. The summed E-state index contributed by atoms with van der Waals surface area (Å²) >= 11 is 0. The number of methoxy groups -OCH3 is 1. The Morgan fingerprint density at radius 2 is 2.04 bits per heavy atom. The standard InChI is InChI=1S/C18H26NO6P/c1-18(2)13-24-26(23-12-10-14-7-5-4-6-8-14)25-16(18)17(21)19-11-9-15(20)22-3/h4-8,16H,9-13H2,1-3H3,(H,19,21)/t16-,26?/m0/s1. The molecule has 7 nitrogen and oxygen atoms in total. The lowest BCUT2D eigenvalue weighted by Crippen LogP contribution is -2.49. The third-order valence-electron chi connectivity index (χ3n) is 3.97. The van der Waals surface area contributed by atoms with E-state index in [0.29, 0.717) is 13.2 Å². The predicted octanol–water partition coefficient (Wildman–Crippen LogP) is 2.59. The average molecular weight is 383 g/mol.